The van der Waals surface area contributed by atoms with E-state index in [0.29, 0.717) is 10.2 Å². The largest absolute Gasteiger partial charge is 0.478 e. The minimum Gasteiger partial charge on any atom is -0.478 e. The summed E-state index contributed by atoms with van der Waals surface area (Å²) in [6.45, 7) is 4.04. The summed E-state index contributed by atoms with van der Waals surface area (Å²) in [5.74, 6) is 1.03. The fourth-order valence-corrected chi connectivity index (χ4v) is 2.96. The van der Waals surface area contributed by atoms with E-state index in [1.165, 1.54) is 12.1 Å². The predicted octanol–water partition coefficient (Wildman–Crippen LogP) is 3.80. The molecule has 21 heavy (non-hydrogen) atoms. The number of aromatic carboxylic acids is 1. The zero-order valence-corrected chi connectivity index (χ0v) is 14.4. The Kier molecular flexibility index (Phi) is 7.60. The van der Waals surface area contributed by atoms with E-state index in [9.17, 15) is 9.59 Å². The van der Waals surface area contributed by atoms with E-state index >= 15 is 0 Å². The Morgan fingerprint density at radius 2 is 2.10 bits per heavy atom. The minimum atomic E-state index is -1.04. The lowest BCUT2D eigenvalue weighted by molar-refractivity contribution is 0.0697. The lowest BCUT2D eigenvalue weighted by atomic mass is 10.2. The average Bonchev–Trinajstić information content (AvgIpc) is 2.37. The van der Waals surface area contributed by atoms with Crippen LogP contribution >= 0.6 is 27.7 Å². The van der Waals surface area contributed by atoms with Crippen LogP contribution in [0, 0.1) is 0 Å². The third-order valence-electron chi connectivity index (χ3n) is 2.68. The van der Waals surface area contributed by atoms with Crippen LogP contribution in [0.4, 0.5) is 10.5 Å². The molecule has 3 N–H and O–H groups in total. The van der Waals surface area contributed by atoms with Crippen molar-refractivity contribution in [2.24, 2.45) is 0 Å². The van der Waals surface area contributed by atoms with E-state index in [0.717, 1.165) is 17.9 Å². The monoisotopic (exact) mass is 374 g/mol. The van der Waals surface area contributed by atoms with Crippen LogP contribution in [0.3, 0.4) is 0 Å². The van der Waals surface area contributed by atoms with Crippen molar-refractivity contribution < 1.29 is 14.7 Å². The van der Waals surface area contributed by atoms with E-state index in [1.807, 2.05) is 18.7 Å². The van der Waals surface area contributed by atoms with Gasteiger partial charge in [0.2, 0.25) is 0 Å². The molecule has 0 aromatic heterocycles. The Balaban J connectivity index is 2.56. The van der Waals surface area contributed by atoms with E-state index in [2.05, 4.69) is 33.5 Å². The molecular formula is C14H19BrN2O3S. The summed E-state index contributed by atoms with van der Waals surface area (Å²) in [6, 6.07) is 4.29. The third-order valence-corrected chi connectivity index (χ3v) is 4.07. The number of rotatable bonds is 7. The quantitative estimate of drug-likeness (QED) is 0.634. The highest BCUT2D eigenvalue weighted by molar-refractivity contribution is 9.10. The first-order valence-corrected chi connectivity index (χ1v) is 8.56. The molecule has 0 saturated carbocycles. The SMILES string of the molecule is CCSCCC(C)NC(=O)Nc1cc(Br)cc(C(=O)O)c1. The second-order valence-electron chi connectivity index (χ2n) is 4.52. The smallest absolute Gasteiger partial charge is 0.335 e. The lowest BCUT2D eigenvalue weighted by Crippen LogP contribution is -2.36. The van der Waals surface area contributed by atoms with Gasteiger partial charge in [-0.2, -0.15) is 11.8 Å². The van der Waals surface area contributed by atoms with Gasteiger partial charge in [0.1, 0.15) is 0 Å². The summed E-state index contributed by atoms with van der Waals surface area (Å²) in [4.78, 5) is 22.8. The van der Waals surface area contributed by atoms with Gasteiger partial charge in [-0.15, -0.1) is 0 Å². The summed E-state index contributed by atoms with van der Waals surface area (Å²) in [5.41, 5.74) is 0.557. The number of urea groups is 1. The molecule has 2 amide bonds. The summed E-state index contributed by atoms with van der Waals surface area (Å²) >= 11 is 5.06. The summed E-state index contributed by atoms with van der Waals surface area (Å²) < 4.78 is 0.602. The van der Waals surface area contributed by atoms with Gasteiger partial charge in [0.15, 0.2) is 0 Å². The molecule has 1 aromatic rings. The maximum absolute atomic E-state index is 11.9. The molecule has 1 atom stereocenters. The molecule has 0 spiro atoms. The number of nitrogens with one attached hydrogen (secondary N) is 2. The van der Waals surface area contributed by atoms with Gasteiger partial charge in [-0.3, -0.25) is 0 Å². The fraction of sp³-hybridized carbons (Fsp3) is 0.429. The van der Waals surface area contributed by atoms with Crippen molar-refractivity contribution in [3.05, 3.63) is 28.2 Å². The van der Waals surface area contributed by atoms with Crippen LogP contribution in [0.5, 0.6) is 0 Å². The first-order chi connectivity index (χ1) is 9.92. The van der Waals surface area contributed by atoms with Crippen molar-refractivity contribution in [1.29, 1.82) is 0 Å². The van der Waals surface area contributed by atoms with E-state index in [1.54, 1.807) is 6.07 Å². The Bertz CT molecular complexity index is 511. The standard InChI is InChI=1S/C14H19BrN2O3S/c1-3-21-5-4-9(2)16-14(20)17-12-7-10(13(18)19)6-11(15)8-12/h6-9H,3-5H2,1-2H3,(H,18,19)(H2,16,17,20). The van der Waals surface area contributed by atoms with E-state index in [-0.39, 0.29) is 17.6 Å². The van der Waals surface area contributed by atoms with Gasteiger partial charge in [0.25, 0.3) is 0 Å². The summed E-state index contributed by atoms with van der Waals surface area (Å²) in [6.07, 6.45) is 0.894. The molecule has 0 aliphatic heterocycles. The zero-order valence-electron chi connectivity index (χ0n) is 12.0. The molecule has 0 heterocycles. The van der Waals surface area contributed by atoms with Crippen molar-refractivity contribution in [1.82, 2.24) is 5.32 Å². The number of benzene rings is 1. The maximum Gasteiger partial charge on any atom is 0.335 e. The van der Waals surface area contributed by atoms with Crippen molar-refractivity contribution in [2.75, 3.05) is 16.8 Å². The normalized spacial score (nSPS) is 11.8. The van der Waals surface area contributed by atoms with Gasteiger partial charge in [-0.1, -0.05) is 22.9 Å². The second kappa shape index (κ2) is 8.94. The Labute approximate surface area is 137 Å². The molecular weight excluding hydrogens is 356 g/mol. The van der Waals surface area contributed by atoms with Crippen LogP contribution in [0.25, 0.3) is 0 Å². The molecule has 5 nitrogen and oxygen atoms in total. The first-order valence-electron chi connectivity index (χ1n) is 6.61. The highest BCUT2D eigenvalue weighted by Crippen LogP contribution is 2.19. The van der Waals surface area contributed by atoms with Gasteiger partial charge in [-0.05, 0) is 43.0 Å². The van der Waals surface area contributed by atoms with Crippen LogP contribution in [-0.2, 0) is 0 Å². The van der Waals surface area contributed by atoms with Crippen LogP contribution in [0.1, 0.15) is 30.6 Å². The van der Waals surface area contributed by atoms with E-state index < -0.39 is 5.97 Å². The summed E-state index contributed by atoms with van der Waals surface area (Å²) in [5, 5.41) is 14.5. The topological polar surface area (TPSA) is 78.4 Å². The fourth-order valence-electron chi connectivity index (χ4n) is 1.65. The first kappa shape index (κ1) is 17.8. The second-order valence-corrected chi connectivity index (χ2v) is 6.83. The van der Waals surface area contributed by atoms with Crippen LogP contribution in [0.15, 0.2) is 22.7 Å². The van der Waals surface area contributed by atoms with Gasteiger partial charge in [-0.25, -0.2) is 9.59 Å². The lowest BCUT2D eigenvalue weighted by Gasteiger charge is -2.14. The predicted molar refractivity (Wildman–Crippen MR) is 90.3 cm³/mol. The number of carbonyl (C=O) groups is 2. The van der Waals surface area contributed by atoms with Gasteiger partial charge in [0, 0.05) is 16.2 Å². The minimum absolute atomic E-state index is 0.0650. The maximum atomic E-state index is 11.9. The zero-order chi connectivity index (χ0) is 15.8. The number of carbonyl (C=O) groups excluding carboxylic acids is 1. The summed E-state index contributed by atoms with van der Waals surface area (Å²) in [7, 11) is 0. The van der Waals surface area contributed by atoms with Crippen molar-refractivity contribution in [2.45, 2.75) is 26.3 Å². The van der Waals surface area contributed by atoms with Gasteiger partial charge >= 0.3 is 12.0 Å². The molecule has 1 aromatic carbocycles. The van der Waals surface area contributed by atoms with Crippen LogP contribution in [0.2, 0.25) is 0 Å². The molecule has 7 heteroatoms. The van der Waals surface area contributed by atoms with E-state index in [4.69, 9.17) is 5.11 Å². The molecule has 0 bridgehead atoms. The number of hydrogen-bond donors (Lipinski definition) is 3. The highest BCUT2D eigenvalue weighted by Gasteiger charge is 2.10. The van der Waals surface area contributed by atoms with Crippen LogP contribution in [-0.4, -0.2) is 34.7 Å². The molecule has 1 rings (SSSR count). The molecule has 0 aliphatic carbocycles. The molecule has 0 saturated heterocycles. The number of thioether (sulfide) groups is 1. The highest BCUT2D eigenvalue weighted by atomic mass is 79.9. The van der Waals surface area contributed by atoms with Crippen molar-refractivity contribution in [3.63, 3.8) is 0 Å². The molecule has 0 aliphatic rings. The van der Waals surface area contributed by atoms with Gasteiger partial charge in [0.05, 0.1) is 5.56 Å². The molecule has 0 fully saturated rings. The number of carboxylic acids is 1. The Morgan fingerprint density at radius 1 is 1.38 bits per heavy atom. The van der Waals surface area contributed by atoms with Crippen molar-refractivity contribution in [3.8, 4) is 0 Å². The number of halogens is 1. The average molecular weight is 375 g/mol. The Morgan fingerprint density at radius 3 is 2.71 bits per heavy atom. The Hall–Kier alpha value is -1.21. The molecule has 1 unspecified atom stereocenters. The molecule has 0 radical (unpaired) electrons. The number of amides is 2. The number of carboxylic acid groups (broad SMARTS) is 1. The van der Waals surface area contributed by atoms with Crippen LogP contribution < -0.4 is 10.6 Å². The number of hydrogen-bond acceptors (Lipinski definition) is 3. The molecule has 116 valence electrons. The number of anilines is 1. The third kappa shape index (κ3) is 6.86. The van der Waals surface area contributed by atoms with Crippen molar-refractivity contribution >= 4 is 45.4 Å². The van der Waals surface area contributed by atoms with Gasteiger partial charge < -0.3 is 15.7 Å².